The lowest BCUT2D eigenvalue weighted by atomic mass is 10.0. The lowest BCUT2D eigenvalue weighted by Gasteiger charge is -2.18. The van der Waals surface area contributed by atoms with Crippen LogP contribution in [0.1, 0.15) is 50.2 Å². The largest absolute Gasteiger partial charge is 0.359 e. The second kappa shape index (κ2) is 9.11. The molecule has 1 aliphatic heterocycles. The van der Waals surface area contributed by atoms with Gasteiger partial charge in [-0.1, -0.05) is 23.8 Å². The molecule has 0 saturated carbocycles. The molecule has 158 valence electrons. The van der Waals surface area contributed by atoms with E-state index in [-0.39, 0.29) is 23.6 Å². The molecule has 2 aromatic carbocycles. The molecular weight excluding hydrogens is 378 g/mol. The molecular formula is C24H29N3O3. The molecule has 1 unspecified atom stereocenters. The van der Waals surface area contributed by atoms with Crippen LogP contribution in [0.5, 0.6) is 0 Å². The molecule has 3 amide bonds. The van der Waals surface area contributed by atoms with E-state index >= 15 is 0 Å². The summed E-state index contributed by atoms with van der Waals surface area (Å²) in [6.07, 6.45) is 1.26. The Morgan fingerprint density at radius 2 is 1.80 bits per heavy atom. The van der Waals surface area contributed by atoms with E-state index in [4.69, 9.17) is 0 Å². The predicted octanol–water partition coefficient (Wildman–Crippen LogP) is 3.46. The zero-order valence-electron chi connectivity index (χ0n) is 18.0. The summed E-state index contributed by atoms with van der Waals surface area (Å²) in [5.74, 6) is -0.0764. The van der Waals surface area contributed by atoms with Crippen molar-refractivity contribution in [1.29, 1.82) is 0 Å². The van der Waals surface area contributed by atoms with Gasteiger partial charge < -0.3 is 15.5 Å². The number of amides is 3. The molecule has 6 heteroatoms. The summed E-state index contributed by atoms with van der Waals surface area (Å²) in [4.78, 5) is 39.1. The number of rotatable bonds is 5. The smallest absolute Gasteiger partial charge is 0.255 e. The van der Waals surface area contributed by atoms with E-state index in [9.17, 15) is 14.4 Å². The Balaban J connectivity index is 1.73. The summed E-state index contributed by atoms with van der Waals surface area (Å²) >= 11 is 0. The number of likely N-dealkylation sites (tertiary alicyclic amines) is 1. The second-order valence-corrected chi connectivity index (χ2v) is 8.09. The number of anilines is 1. The molecule has 30 heavy (non-hydrogen) atoms. The van der Waals surface area contributed by atoms with Crippen molar-refractivity contribution >= 4 is 23.4 Å². The van der Waals surface area contributed by atoms with Gasteiger partial charge in [0.25, 0.3) is 11.8 Å². The third-order valence-corrected chi connectivity index (χ3v) is 5.69. The third kappa shape index (κ3) is 4.87. The first-order valence-electron chi connectivity index (χ1n) is 10.3. The van der Waals surface area contributed by atoms with Gasteiger partial charge in [0.05, 0.1) is 0 Å². The highest BCUT2D eigenvalue weighted by Gasteiger charge is 2.28. The summed E-state index contributed by atoms with van der Waals surface area (Å²) < 4.78 is 0. The Morgan fingerprint density at radius 1 is 1.03 bits per heavy atom. The highest BCUT2D eigenvalue weighted by atomic mass is 16.2. The fourth-order valence-corrected chi connectivity index (χ4v) is 3.88. The SMILES string of the molecule is CNC(=O)CC1CCN(C(=O)c2ccc(C)c(NC(=O)c3ccc(C)cc3C)c2)C1. The second-order valence-electron chi connectivity index (χ2n) is 8.09. The standard InChI is InChI=1S/C24H29N3O3/c1-15-5-8-20(17(3)11-15)23(29)26-21-13-19(7-6-16(21)2)24(30)27-10-9-18(14-27)12-22(28)25-4/h5-8,11,13,18H,9-10,12,14H2,1-4H3,(H,25,28)(H,26,29). The first-order chi connectivity index (χ1) is 14.3. The highest BCUT2D eigenvalue weighted by Crippen LogP contribution is 2.24. The normalized spacial score (nSPS) is 15.7. The van der Waals surface area contributed by atoms with Gasteiger partial charge in [-0.3, -0.25) is 14.4 Å². The summed E-state index contributed by atoms with van der Waals surface area (Å²) in [5, 5.41) is 5.59. The van der Waals surface area contributed by atoms with Gasteiger partial charge in [0.2, 0.25) is 5.91 Å². The van der Waals surface area contributed by atoms with Crippen molar-refractivity contribution in [3.05, 3.63) is 64.2 Å². The lowest BCUT2D eigenvalue weighted by molar-refractivity contribution is -0.121. The maximum atomic E-state index is 13.0. The van der Waals surface area contributed by atoms with Gasteiger partial charge in [0.15, 0.2) is 0 Å². The van der Waals surface area contributed by atoms with Gasteiger partial charge >= 0.3 is 0 Å². The van der Waals surface area contributed by atoms with Crippen LogP contribution < -0.4 is 10.6 Å². The summed E-state index contributed by atoms with van der Waals surface area (Å²) in [5.41, 5.74) is 4.70. The fourth-order valence-electron chi connectivity index (χ4n) is 3.88. The maximum Gasteiger partial charge on any atom is 0.255 e. The van der Waals surface area contributed by atoms with Crippen LogP contribution in [0.15, 0.2) is 36.4 Å². The number of aryl methyl sites for hydroxylation is 3. The molecule has 1 aliphatic rings. The first-order valence-corrected chi connectivity index (χ1v) is 10.3. The number of nitrogens with zero attached hydrogens (tertiary/aromatic N) is 1. The predicted molar refractivity (Wildman–Crippen MR) is 118 cm³/mol. The molecule has 0 aliphatic carbocycles. The summed E-state index contributed by atoms with van der Waals surface area (Å²) in [7, 11) is 1.63. The number of hydrogen-bond acceptors (Lipinski definition) is 3. The van der Waals surface area contributed by atoms with E-state index in [1.54, 1.807) is 24.1 Å². The van der Waals surface area contributed by atoms with Crippen LogP contribution in [0, 0.1) is 26.7 Å². The Bertz CT molecular complexity index is 984. The summed E-state index contributed by atoms with van der Waals surface area (Å²) in [6, 6.07) is 11.1. The molecule has 1 heterocycles. The minimum Gasteiger partial charge on any atom is -0.359 e. The van der Waals surface area contributed by atoms with Gasteiger partial charge in [-0.25, -0.2) is 0 Å². The third-order valence-electron chi connectivity index (χ3n) is 5.69. The van der Waals surface area contributed by atoms with Crippen molar-refractivity contribution in [3.63, 3.8) is 0 Å². The van der Waals surface area contributed by atoms with Crippen molar-refractivity contribution in [2.75, 3.05) is 25.5 Å². The van der Waals surface area contributed by atoms with E-state index in [2.05, 4.69) is 10.6 Å². The number of hydrogen-bond donors (Lipinski definition) is 2. The summed E-state index contributed by atoms with van der Waals surface area (Å²) in [6.45, 7) is 7.02. The van der Waals surface area contributed by atoms with E-state index in [1.807, 2.05) is 45.0 Å². The van der Waals surface area contributed by atoms with Gasteiger partial charge in [-0.2, -0.15) is 0 Å². The van der Waals surface area contributed by atoms with Crippen molar-refractivity contribution < 1.29 is 14.4 Å². The van der Waals surface area contributed by atoms with Crippen LogP contribution in [0.2, 0.25) is 0 Å². The number of carbonyl (C=O) groups is 3. The zero-order valence-corrected chi connectivity index (χ0v) is 18.0. The molecule has 1 atom stereocenters. The average molecular weight is 408 g/mol. The van der Waals surface area contributed by atoms with Crippen molar-refractivity contribution in [2.24, 2.45) is 5.92 Å². The van der Waals surface area contributed by atoms with E-state index < -0.39 is 0 Å². The maximum absolute atomic E-state index is 13.0. The molecule has 1 fully saturated rings. The van der Waals surface area contributed by atoms with Crippen molar-refractivity contribution in [1.82, 2.24) is 10.2 Å². The molecule has 0 radical (unpaired) electrons. The van der Waals surface area contributed by atoms with Crippen LogP contribution in [-0.4, -0.2) is 42.8 Å². The van der Waals surface area contributed by atoms with Gasteiger partial charge in [0.1, 0.15) is 0 Å². The number of carbonyl (C=O) groups excluding carboxylic acids is 3. The van der Waals surface area contributed by atoms with Crippen LogP contribution in [0.3, 0.4) is 0 Å². The molecule has 2 aromatic rings. The van der Waals surface area contributed by atoms with Crippen LogP contribution >= 0.6 is 0 Å². The Morgan fingerprint density at radius 3 is 2.50 bits per heavy atom. The molecule has 0 bridgehead atoms. The van der Waals surface area contributed by atoms with Crippen LogP contribution in [0.4, 0.5) is 5.69 Å². The molecule has 2 N–H and O–H groups in total. The molecule has 0 spiro atoms. The van der Waals surface area contributed by atoms with E-state index in [0.29, 0.717) is 36.3 Å². The quantitative estimate of drug-likeness (QED) is 0.797. The van der Waals surface area contributed by atoms with Gasteiger partial charge in [0, 0.05) is 43.4 Å². The molecule has 6 nitrogen and oxygen atoms in total. The number of nitrogens with one attached hydrogen (secondary N) is 2. The Kier molecular flexibility index (Phi) is 6.55. The van der Waals surface area contributed by atoms with E-state index in [0.717, 1.165) is 23.1 Å². The van der Waals surface area contributed by atoms with Gasteiger partial charge in [-0.15, -0.1) is 0 Å². The van der Waals surface area contributed by atoms with Gasteiger partial charge in [-0.05, 0) is 62.4 Å². The highest BCUT2D eigenvalue weighted by molar-refractivity contribution is 6.06. The molecule has 0 aromatic heterocycles. The van der Waals surface area contributed by atoms with Crippen LogP contribution in [-0.2, 0) is 4.79 Å². The van der Waals surface area contributed by atoms with E-state index in [1.165, 1.54) is 0 Å². The topological polar surface area (TPSA) is 78.5 Å². The lowest BCUT2D eigenvalue weighted by Crippen LogP contribution is -2.30. The number of benzene rings is 2. The minimum absolute atomic E-state index is 0.000956. The average Bonchev–Trinajstić information content (AvgIpc) is 3.17. The van der Waals surface area contributed by atoms with Crippen LogP contribution in [0.25, 0.3) is 0 Å². The first kappa shape index (κ1) is 21.6. The van der Waals surface area contributed by atoms with Crippen molar-refractivity contribution in [3.8, 4) is 0 Å². The van der Waals surface area contributed by atoms with Crippen molar-refractivity contribution in [2.45, 2.75) is 33.6 Å². The minimum atomic E-state index is -0.188. The monoisotopic (exact) mass is 407 g/mol. The zero-order chi connectivity index (χ0) is 21.8. The fraction of sp³-hybridized carbons (Fsp3) is 0.375. The Labute approximate surface area is 177 Å². The molecule has 1 saturated heterocycles. The Hall–Kier alpha value is -3.15. The molecule has 3 rings (SSSR count).